The molecule has 138 valence electrons. The Balaban J connectivity index is 1.59. The van der Waals surface area contributed by atoms with Crippen molar-refractivity contribution in [1.82, 2.24) is 10.2 Å². The van der Waals surface area contributed by atoms with Crippen LogP contribution >= 0.6 is 0 Å². The highest BCUT2D eigenvalue weighted by Crippen LogP contribution is 2.24. The van der Waals surface area contributed by atoms with Crippen LogP contribution in [0.1, 0.15) is 37.4 Å². The van der Waals surface area contributed by atoms with Crippen LogP contribution < -0.4 is 5.32 Å². The van der Waals surface area contributed by atoms with E-state index in [1.807, 2.05) is 24.3 Å². The molecular weight excluding hydrogens is 320 g/mol. The van der Waals surface area contributed by atoms with E-state index in [-0.39, 0.29) is 18.2 Å². The van der Waals surface area contributed by atoms with Crippen LogP contribution in [0.4, 0.5) is 0 Å². The standard InChI is InChI=1S/C23H30N2O/c1-18(2)23(20-11-7-4-8-12-20)24-21-14-16-25(17-22(21)26)15-13-19-9-5-3-6-10-19/h3-13,15,18,21-24,26H,14,16-17H2,1-2H3. The van der Waals surface area contributed by atoms with E-state index < -0.39 is 0 Å². The lowest BCUT2D eigenvalue weighted by molar-refractivity contribution is 0.0524. The van der Waals surface area contributed by atoms with Crippen molar-refractivity contribution in [3.05, 3.63) is 78.0 Å². The molecule has 3 rings (SSSR count). The van der Waals surface area contributed by atoms with Gasteiger partial charge in [-0.25, -0.2) is 0 Å². The molecular formula is C23H30N2O. The molecule has 2 N–H and O–H groups in total. The van der Waals surface area contributed by atoms with Gasteiger partial charge in [0.1, 0.15) is 0 Å². The van der Waals surface area contributed by atoms with Gasteiger partial charge in [0, 0.05) is 25.2 Å². The summed E-state index contributed by atoms with van der Waals surface area (Å²) in [6.07, 6.45) is 4.79. The Hall–Kier alpha value is -2.10. The van der Waals surface area contributed by atoms with Crippen molar-refractivity contribution in [2.24, 2.45) is 5.92 Å². The molecule has 0 bridgehead atoms. The average Bonchev–Trinajstić information content (AvgIpc) is 2.67. The minimum absolute atomic E-state index is 0.129. The minimum Gasteiger partial charge on any atom is -0.390 e. The van der Waals surface area contributed by atoms with E-state index in [9.17, 15) is 5.11 Å². The van der Waals surface area contributed by atoms with E-state index in [4.69, 9.17) is 0 Å². The fourth-order valence-electron chi connectivity index (χ4n) is 3.61. The Labute approximate surface area is 157 Å². The van der Waals surface area contributed by atoms with Crippen LogP contribution in [-0.2, 0) is 0 Å². The van der Waals surface area contributed by atoms with Crippen molar-refractivity contribution < 1.29 is 5.11 Å². The van der Waals surface area contributed by atoms with E-state index in [1.165, 1.54) is 11.1 Å². The summed E-state index contributed by atoms with van der Waals surface area (Å²) >= 11 is 0. The van der Waals surface area contributed by atoms with Crippen molar-refractivity contribution in [2.75, 3.05) is 13.1 Å². The second-order valence-corrected chi connectivity index (χ2v) is 7.48. The zero-order valence-corrected chi connectivity index (χ0v) is 15.8. The van der Waals surface area contributed by atoms with Gasteiger partial charge in [-0.05, 0) is 35.7 Å². The van der Waals surface area contributed by atoms with Gasteiger partial charge in [0.25, 0.3) is 0 Å². The van der Waals surface area contributed by atoms with E-state index >= 15 is 0 Å². The van der Waals surface area contributed by atoms with Gasteiger partial charge in [-0.15, -0.1) is 0 Å². The number of nitrogens with zero attached hydrogens (tertiary/aromatic N) is 1. The summed E-state index contributed by atoms with van der Waals surface area (Å²) in [5.74, 6) is 0.473. The number of likely N-dealkylation sites (tertiary alicyclic amines) is 1. The largest absolute Gasteiger partial charge is 0.390 e. The number of nitrogens with one attached hydrogen (secondary N) is 1. The van der Waals surface area contributed by atoms with E-state index in [1.54, 1.807) is 0 Å². The number of aliphatic hydroxyl groups is 1. The second kappa shape index (κ2) is 9.02. The summed E-state index contributed by atoms with van der Waals surface area (Å²) < 4.78 is 0. The molecule has 1 heterocycles. The molecule has 3 heteroatoms. The number of piperidine rings is 1. The number of rotatable bonds is 6. The quantitative estimate of drug-likeness (QED) is 0.824. The van der Waals surface area contributed by atoms with Gasteiger partial charge >= 0.3 is 0 Å². The normalized spacial score (nSPS) is 22.1. The van der Waals surface area contributed by atoms with Crippen LogP contribution in [0.3, 0.4) is 0 Å². The molecule has 0 aliphatic carbocycles. The summed E-state index contributed by atoms with van der Waals surface area (Å²) in [7, 11) is 0. The lowest BCUT2D eigenvalue weighted by Gasteiger charge is -2.38. The number of β-amino-alcohol motifs (C(OH)–C–C–N with tert-alkyl or cyclic N) is 1. The summed E-state index contributed by atoms with van der Waals surface area (Å²) in [4.78, 5) is 2.21. The number of aliphatic hydroxyl groups excluding tert-OH is 1. The Morgan fingerprint density at radius 2 is 1.69 bits per heavy atom. The van der Waals surface area contributed by atoms with Crippen molar-refractivity contribution in [1.29, 1.82) is 0 Å². The first-order valence-corrected chi connectivity index (χ1v) is 9.60. The van der Waals surface area contributed by atoms with Crippen LogP contribution in [0.5, 0.6) is 0 Å². The zero-order chi connectivity index (χ0) is 18.4. The molecule has 1 aliphatic rings. The highest BCUT2D eigenvalue weighted by Gasteiger charge is 2.29. The molecule has 1 aliphatic heterocycles. The van der Waals surface area contributed by atoms with Gasteiger partial charge in [-0.3, -0.25) is 0 Å². The zero-order valence-electron chi connectivity index (χ0n) is 15.8. The molecule has 3 atom stereocenters. The Kier molecular flexibility index (Phi) is 6.48. The van der Waals surface area contributed by atoms with Crippen molar-refractivity contribution in [3.8, 4) is 0 Å². The number of benzene rings is 2. The third kappa shape index (κ3) is 4.96. The Morgan fingerprint density at radius 3 is 2.31 bits per heavy atom. The van der Waals surface area contributed by atoms with E-state index in [2.05, 4.69) is 72.7 Å². The molecule has 0 radical (unpaired) electrons. The molecule has 0 amide bonds. The molecule has 2 aromatic carbocycles. The smallest absolute Gasteiger partial charge is 0.0868 e. The van der Waals surface area contributed by atoms with Crippen LogP contribution in [0.25, 0.3) is 6.08 Å². The summed E-state index contributed by atoms with van der Waals surface area (Å²) in [6, 6.07) is 21.2. The molecule has 1 fully saturated rings. The maximum absolute atomic E-state index is 10.7. The fourth-order valence-corrected chi connectivity index (χ4v) is 3.61. The first-order valence-electron chi connectivity index (χ1n) is 9.60. The van der Waals surface area contributed by atoms with Gasteiger partial charge in [-0.1, -0.05) is 74.5 Å². The lowest BCUT2D eigenvalue weighted by Crippen LogP contribution is -2.52. The highest BCUT2D eigenvalue weighted by molar-refractivity contribution is 5.48. The van der Waals surface area contributed by atoms with Crippen LogP contribution in [0, 0.1) is 5.92 Å². The maximum atomic E-state index is 10.7. The topological polar surface area (TPSA) is 35.5 Å². The van der Waals surface area contributed by atoms with E-state index in [0.717, 1.165) is 13.0 Å². The molecule has 3 unspecified atom stereocenters. The van der Waals surface area contributed by atoms with Crippen molar-refractivity contribution in [3.63, 3.8) is 0 Å². The van der Waals surface area contributed by atoms with Crippen LogP contribution in [0.15, 0.2) is 66.9 Å². The first-order chi connectivity index (χ1) is 12.6. The maximum Gasteiger partial charge on any atom is 0.0868 e. The summed E-state index contributed by atoms with van der Waals surface area (Å²) in [6.45, 7) is 6.09. The van der Waals surface area contributed by atoms with Crippen molar-refractivity contribution >= 4 is 6.08 Å². The van der Waals surface area contributed by atoms with Gasteiger partial charge in [-0.2, -0.15) is 0 Å². The summed E-state index contributed by atoms with van der Waals surface area (Å²) in [5, 5.41) is 14.4. The van der Waals surface area contributed by atoms with Gasteiger partial charge < -0.3 is 15.3 Å². The summed E-state index contributed by atoms with van der Waals surface area (Å²) in [5.41, 5.74) is 2.48. The van der Waals surface area contributed by atoms with Gasteiger partial charge in [0.2, 0.25) is 0 Å². The minimum atomic E-state index is -0.367. The van der Waals surface area contributed by atoms with Crippen LogP contribution in [0.2, 0.25) is 0 Å². The molecule has 26 heavy (non-hydrogen) atoms. The molecule has 2 aromatic rings. The number of hydrogen-bond donors (Lipinski definition) is 2. The van der Waals surface area contributed by atoms with Gasteiger partial charge in [0.05, 0.1) is 6.10 Å². The fraction of sp³-hybridized carbons (Fsp3) is 0.391. The molecule has 3 nitrogen and oxygen atoms in total. The molecule has 0 saturated carbocycles. The predicted molar refractivity (Wildman–Crippen MR) is 109 cm³/mol. The predicted octanol–water partition coefficient (Wildman–Crippen LogP) is 4.08. The monoisotopic (exact) mass is 350 g/mol. The Morgan fingerprint density at radius 1 is 1.04 bits per heavy atom. The third-order valence-electron chi connectivity index (χ3n) is 5.11. The Bertz CT molecular complexity index is 684. The van der Waals surface area contributed by atoms with Crippen LogP contribution in [-0.4, -0.2) is 35.2 Å². The van der Waals surface area contributed by atoms with Crippen molar-refractivity contribution in [2.45, 2.75) is 38.5 Å². The lowest BCUT2D eigenvalue weighted by atomic mass is 9.92. The van der Waals surface area contributed by atoms with Gasteiger partial charge in [0.15, 0.2) is 0 Å². The first kappa shape index (κ1) is 18.7. The molecule has 1 saturated heterocycles. The number of hydrogen-bond acceptors (Lipinski definition) is 3. The highest BCUT2D eigenvalue weighted by atomic mass is 16.3. The molecule has 0 spiro atoms. The second-order valence-electron chi connectivity index (χ2n) is 7.48. The molecule has 0 aromatic heterocycles. The average molecular weight is 351 g/mol. The SMILES string of the molecule is CC(C)C(NC1CCN(C=Cc2ccccc2)CC1O)c1ccccc1. The van der Waals surface area contributed by atoms with E-state index in [0.29, 0.717) is 12.5 Å². The third-order valence-corrected chi connectivity index (χ3v) is 5.11.